The minimum absolute atomic E-state index is 0.0240. The van der Waals surface area contributed by atoms with Gasteiger partial charge in [-0.15, -0.1) is 0 Å². The third-order valence-electron chi connectivity index (χ3n) is 5.72. The number of anilines is 1. The number of sulfonamides is 1. The van der Waals surface area contributed by atoms with Gasteiger partial charge in [-0.25, -0.2) is 8.42 Å². The Balaban J connectivity index is 1.38. The van der Waals surface area contributed by atoms with Crippen molar-refractivity contribution in [3.05, 3.63) is 60.4 Å². The number of hydrogen-bond acceptors (Lipinski definition) is 5. The Morgan fingerprint density at radius 1 is 1.00 bits per heavy atom. The third kappa shape index (κ3) is 2.53. The SMILES string of the molecule is O=S1(=O)[C@@H]2[C@H](CN1c1ccccc1)[C@H]1CN(Cc3ccncc3)C[C@H]2O1. The average molecular weight is 371 g/mol. The summed E-state index contributed by atoms with van der Waals surface area (Å²) in [7, 11) is -3.40. The lowest BCUT2D eigenvalue weighted by Gasteiger charge is -2.34. The van der Waals surface area contributed by atoms with Crippen LogP contribution in [0.5, 0.6) is 0 Å². The van der Waals surface area contributed by atoms with Gasteiger partial charge in [-0.1, -0.05) is 18.2 Å². The molecule has 0 unspecified atom stereocenters. The number of benzene rings is 1. The van der Waals surface area contributed by atoms with Crippen molar-refractivity contribution in [1.29, 1.82) is 0 Å². The molecule has 2 aromatic rings. The molecule has 0 amide bonds. The number of hydrogen-bond donors (Lipinski definition) is 0. The van der Waals surface area contributed by atoms with Crippen LogP contribution in [-0.2, 0) is 21.3 Å². The molecule has 3 aliphatic heterocycles. The number of para-hydroxylation sites is 1. The molecule has 1 aromatic carbocycles. The summed E-state index contributed by atoms with van der Waals surface area (Å²) in [5.74, 6) is 0.0349. The quantitative estimate of drug-likeness (QED) is 0.818. The fraction of sp³-hybridized carbons (Fsp3) is 0.421. The maximum atomic E-state index is 13.2. The summed E-state index contributed by atoms with van der Waals surface area (Å²) in [4.78, 5) is 6.37. The number of pyridine rings is 1. The van der Waals surface area contributed by atoms with Crippen LogP contribution in [0.15, 0.2) is 54.9 Å². The second-order valence-electron chi connectivity index (χ2n) is 7.30. The monoisotopic (exact) mass is 371 g/mol. The van der Waals surface area contributed by atoms with E-state index < -0.39 is 15.3 Å². The minimum Gasteiger partial charge on any atom is -0.370 e. The number of rotatable bonds is 3. The zero-order chi connectivity index (χ0) is 17.7. The summed E-state index contributed by atoms with van der Waals surface area (Å²) in [5, 5.41) is -0.435. The molecule has 0 radical (unpaired) electrons. The second-order valence-corrected chi connectivity index (χ2v) is 9.32. The zero-order valence-corrected chi connectivity index (χ0v) is 15.1. The third-order valence-corrected chi connectivity index (χ3v) is 8.03. The first-order valence-corrected chi connectivity index (χ1v) is 10.5. The summed E-state index contributed by atoms with van der Waals surface area (Å²) in [6, 6.07) is 13.4. The van der Waals surface area contributed by atoms with E-state index in [4.69, 9.17) is 4.74 Å². The average Bonchev–Trinajstić information content (AvgIpc) is 3.08. The standard InChI is InChI=1S/C19H21N3O3S/c23-26(24)19-16(11-22(26)15-4-2-1-3-5-15)17-12-21(13-18(19)25-17)10-14-6-8-20-9-7-14/h1-9,16-19H,10-13H2/t16-,17-,18-,19-/m1/s1. The Kier molecular flexibility index (Phi) is 3.77. The fourth-order valence-corrected chi connectivity index (χ4v) is 6.92. The van der Waals surface area contributed by atoms with Crippen LogP contribution < -0.4 is 4.31 Å². The van der Waals surface area contributed by atoms with Gasteiger partial charge >= 0.3 is 0 Å². The molecule has 3 fully saturated rings. The summed E-state index contributed by atoms with van der Waals surface area (Å²) in [6.45, 7) is 2.75. The van der Waals surface area contributed by atoms with E-state index in [0.717, 1.165) is 18.8 Å². The van der Waals surface area contributed by atoms with Gasteiger partial charge in [-0.05, 0) is 29.8 Å². The Bertz CT molecular complexity index is 891. The van der Waals surface area contributed by atoms with E-state index in [9.17, 15) is 8.42 Å². The molecule has 6 nitrogen and oxygen atoms in total. The van der Waals surface area contributed by atoms with Crippen molar-refractivity contribution in [3.8, 4) is 0 Å². The van der Waals surface area contributed by atoms with Crippen LogP contribution in [0.25, 0.3) is 0 Å². The molecule has 3 aliphatic rings. The van der Waals surface area contributed by atoms with E-state index in [1.165, 1.54) is 5.56 Å². The molecule has 26 heavy (non-hydrogen) atoms. The normalized spacial score (nSPS) is 32.5. The molecule has 0 spiro atoms. The van der Waals surface area contributed by atoms with Crippen LogP contribution >= 0.6 is 0 Å². The minimum atomic E-state index is -3.40. The molecule has 1 aromatic heterocycles. The van der Waals surface area contributed by atoms with Crippen molar-refractivity contribution in [2.24, 2.45) is 5.92 Å². The second kappa shape index (κ2) is 6.04. The highest BCUT2D eigenvalue weighted by Gasteiger charge is 2.60. The summed E-state index contributed by atoms with van der Waals surface area (Å²) in [5.41, 5.74) is 1.95. The van der Waals surface area contributed by atoms with Crippen LogP contribution in [0.2, 0.25) is 0 Å². The van der Waals surface area contributed by atoms with Crippen molar-refractivity contribution < 1.29 is 13.2 Å². The number of morpholine rings is 1. The predicted molar refractivity (Wildman–Crippen MR) is 98.2 cm³/mol. The summed E-state index contributed by atoms with van der Waals surface area (Å²) >= 11 is 0. The molecule has 0 aliphatic carbocycles. The van der Waals surface area contributed by atoms with Gasteiger partial charge in [0.1, 0.15) is 5.25 Å². The van der Waals surface area contributed by atoms with E-state index in [-0.39, 0.29) is 18.1 Å². The highest BCUT2D eigenvalue weighted by atomic mass is 32.2. The number of likely N-dealkylation sites (tertiary alicyclic amines) is 1. The predicted octanol–water partition coefficient (Wildman–Crippen LogP) is 1.50. The zero-order valence-electron chi connectivity index (χ0n) is 14.3. The molecule has 3 saturated heterocycles. The van der Waals surface area contributed by atoms with Gasteiger partial charge in [0.2, 0.25) is 10.0 Å². The maximum Gasteiger partial charge on any atom is 0.241 e. The van der Waals surface area contributed by atoms with Crippen molar-refractivity contribution in [3.63, 3.8) is 0 Å². The number of fused-ring (bicyclic) bond motifs is 5. The first-order valence-electron chi connectivity index (χ1n) is 8.96. The fourth-order valence-electron chi connectivity index (χ4n) is 4.60. The highest BCUT2D eigenvalue weighted by Crippen LogP contribution is 2.44. The van der Waals surface area contributed by atoms with Crippen LogP contribution in [0.3, 0.4) is 0 Å². The molecule has 0 N–H and O–H groups in total. The highest BCUT2D eigenvalue weighted by molar-refractivity contribution is 7.93. The first-order chi connectivity index (χ1) is 12.6. The van der Waals surface area contributed by atoms with E-state index in [0.29, 0.717) is 13.1 Å². The summed E-state index contributed by atoms with van der Waals surface area (Å²) < 4.78 is 34.1. The lowest BCUT2D eigenvalue weighted by molar-refractivity contribution is -0.0485. The van der Waals surface area contributed by atoms with E-state index in [1.807, 2.05) is 42.5 Å². The van der Waals surface area contributed by atoms with Crippen molar-refractivity contribution in [2.45, 2.75) is 24.0 Å². The van der Waals surface area contributed by atoms with E-state index in [1.54, 1.807) is 16.7 Å². The van der Waals surface area contributed by atoms with Crippen LogP contribution in [0, 0.1) is 5.92 Å². The number of ether oxygens (including phenoxy) is 1. The lowest BCUT2D eigenvalue weighted by Crippen LogP contribution is -2.47. The molecular weight excluding hydrogens is 350 g/mol. The van der Waals surface area contributed by atoms with Crippen LogP contribution in [0.1, 0.15) is 5.56 Å². The topological polar surface area (TPSA) is 62.7 Å². The van der Waals surface area contributed by atoms with Gasteiger partial charge in [0.05, 0.1) is 17.9 Å². The van der Waals surface area contributed by atoms with Crippen LogP contribution in [0.4, 0.5) is 5.69 Å². The molecule has 5 rings (SSSR count). The Hall–Kier alpha value is -1.96. The van der Waals surface area contributed by atoms with Gasteiger partial charge in [-0.3, -0.25) is 14.2 Å². The van der Waals surface area contributed by atoms with Crippen LogP contribution in [-0.4, -0.2) is 55.4 Å². The maximum absolute atomic E-state index is 13.2. The van der Waals surface area contributed by atoms with E-state index >= 15 is 0 Å². The number of aromatic nitrogens is 1. The van der Waals surface area contributed by atoms with Crippen molar-refractivity contribution in [1.82, 2.24) is 9.88 Å². The van der Waals surface area contributed by atoms with Gasteiger partial charge in [0, 0.05) is 44.5 Å². The molecule has 7 heteroatoms. The molecule has 4 heterocycles. The van der Waals surface area contributed by atoms with Gasteiger partial charge in [0.25, 0.3) is 0 Å². The molecule has 0 saturated carbocycles. The summed E-state index contributed by atoms with van der Waals surface area (Å²) in [6.07, 6.45) is 3.31. The largest absolute Gasteiger partial charge is 0.370 e. The van der Waals surface area contributed by atoms with Gasteiger partial charge < -0.3 is 4.74 Å². The van der Waals surface area contributed by atoms with Crippen molar-refractivity contribution >= 4 is 15.7 Å². The molecule has 4 atom stereocenters. The first kappa shape index (κ1) is 16.2. The lowest BCUT2D eigenvalue weighted by atomic mass is 10.00. The van der Waals surface area contributed by atoms with E-state index in [2.05, 4.69) is 9.88 Å². The Morgan fingerprint density at radius 2 is 1.73 bits per heavy atom. The molecule has 2 bridgehead atoms. The van der Waals surface area contributed by atoms with Gasteiger partial charge in [0.15, 0.2) is 0 Å². The number of nitrogens with zero attached hydrogens (tertiary/aromatic N) is 3. The van der Waals surface area contributed by atoms with Gasteiger partial charge in [-0.2, -0.15) is 0 Å². The Morgan fingerprint density at radius 3 is 2.50 bits per heavy atom. The smallest absolute Gasteiger partial charge is 0.241 e. The molecular formula is C19H21N3O3S. The van der Waals surface area contributed by atoms with Crippen molar-refractivity contribution in [2.75, 3.05) is 23.9 Å². The molecule has 136 valence electrons. The Labute approximate surface area is 153 Å².